The minimum Gasteiger partial charge on any atom is -0.314 e. The van der Waals surface area contributed by atoms with Crippen molar-refractivity contribution in [2.24, 2.45) is 0 Å². The summed E-state index contributed by atoms with van der Waals surface area (Å²) in [4.78, 5) is 1.48. The molecule has 0 aromatic carbocycles. The first-order chi connectivity index (χ1) is 5.81. The third kappa shape index (κ3) is 5.80. The largest absolute Gasteiger partial charge is 0.401 e. The number of hydrogen-bond donors (Lipinski definition) is 1. The predicted molar refractivity (Wildman–Crippen MR) is 59.1 cm³/mol. The van der Waals surface area contributed by atoms with Crippen molar-refractivity contribution in [1.82, 2.24) is 10.2 Å². The molecular formula is C8H17Cl2F3N2. The Hall–Kier alpha value is 0.290. The van der Waals surface area contributed by atoms with Gasteiger partial charge in [-0.25, -0.2) is 0 Å². The van der Waals surface area contributed by atoms with Crippen molar-refractivity contribution in [1.29, 1.82) is 0 Å². The fourth-order valence-electron chi connectivity index (χ4n) is 1.53. The van der Waals surface area contributed by atoms with Gasteiger partial charge >= 0.3 is 6.18 Å². The lowest BCUT2D eigenvalue weighted by atomic mass is 10.0. The minimum absolute atomic E-state index is 0. The number of piperazine rings is 1. The number of rotatable bonds is 1. The first kappa shape index (κ1) is 17.7. The van der Waals surface area contributed by atoms with Crippen molar-refractivity contribution in [3.63, 3.8) is 0 Å². The van der Waals surface area contributed by atoms with E-state index in [2.05, 4.69) is 5.32 Å². The van der Waals surface area contributed by atoms with Gasteiger partial charge in [-0.2, -0.15) is 13.2 Å². The van der Waals surface area contributed by atoms with Gasteiger partial charge in [-0.1, -0.05) is 0 Å². The normalized spacial score (nSPS) is 21.4. The van der Waals surface area contributed by atoms with Crippen LogP contribution >= 0.6 is 24.8 Å². The maximum absolute atomic E-state index is 12.1. The van der Waals surface area contributed by atoms with E-state index in [0.29, 0.717) is 19.6 Å². The van der Waals surface area contributed by atoms with Gasteiger partial charge in [0.25, 0.3) is 0 Å². The lowest BCUT2D eigenvalue weighted by molar-refractivity contribution is -0.159. The van der Waals surface area contributed by atoms with Gasteiger partial charge in [0.2, 0.25) is 0 Å². The second-order valence-electron chi connectivity index (χ2n) is 4.03. The smallest absolute Gasteiger partial charge is 0.314 e. The second kappa shape index (κ2) is 6.13. The summed E-state index contributed by atoms with van der Waals surface area (Å²) in [6, 6.07) is 0. The Morgan fingerprint density at radius 1 is 1.27 bits per heavy atom. The van der Waals surface area contributed by atoms with Gasteiger partial charge in [0.05, 0.1) is 6.54 Å². The quantitative estimate of drug-likeness (QED) is 0.784. The molecule has 1 rings (SSSR count). The van der Waals surface area contributed by atoms with Crippen LogP contribution in [0.3, 0.4) is 0 Å². The zero-order valence-electron chi connectivity index (χ0n) is 8.73. The van der Waals surface area contributed by atoms with Crippen LogP contribution in [0.2, 0.25) is 0 Å². The van der Waals surface area contributed by atoms with Crippen LogP contribution in [-0.2, 0) is 0 Å². The Kier molecular flexibility index (Phi) is 7.23. The number of halogens is 5. The van der Waals surface area contributed by atoms with E-state index < -0.39 is 18.3 Å². The topological polar surface area (TPSA) is 15.3 Å². The third-order valence-electron chi connectivity index (χ3n) is 2.34. The van der Waals surface area contributed by atoms with E-state index >= 15 is 0 Å². The van der Waals surface area contributed by atoms with Gasteiger partial charge < -0.3 is 5.32 Å². The summed E-state index contributed by atoms with van der Waals surface area (Å²) in [5, 5.41) is 3.08. The molecule has 0 saturated carbocycles. The van der Waals surface area contributed by atoms with Gasteiger partial charge in [0.15, 0.2) is 0 Å². The fourth-order valence-corrected chi connectivity index (χ4v) is 1.53. The van der Waals surface area contributed by atoms with Crippen molar-refractivity contribution in [2.45, 2.75) is 25.6 Å². The summed E-state index contributed by atoms with van der Waals surface area (Å²) in [7, 11) is 0. The Labute approximate surface area is 100 Å². The number of alkyl halides is 3. The van der Waals surface area contributed by atoms with Crippen molar-refractivity contribution in [3.8, 4) is 0 Å². The molecule has 0 atom stereocenters. The molecule has 0 bridgehead atoms. The van der Waals surface area contributed by atoms with E-state index in [0.717, 1.165) is 0 Å². The van der Waals surface area contributed by atoms with E-state index in [1.807, 2.05) is 13.8 Å². The van der Waals surface area contributed by atoms with Gasteiger partial charge in [0.1, 0.15) is 0 Å². The molecule has 0 unspecified atom stereocenters. The molecule has 0 aromatic heterocycles. The summed E-state index contributed by atoms with van der Waals surface area (Å²) in [5.41, 5.74) is -0.395. The molecule has 0 aliphatic carbocycles. The van der Waals surface area contributed by atoms with Gasteiger partial charge in [-0.3, -0.25) is 4.90 Å². The summed E-state index contributed by atoms with van der Waals surface area (Å²) >= 11 is 0. The standard InChI is InChI=1S/C8H15F3N2.2ClH/c1-7(2)5-12-3-4-13(7)6-8(9,10)11;;/h12H,3-6H2,1-2H3;2*1H. The highest BCUT2D eigenvalue weighted by Gasteiger charge is 2.38. The zero-order chi connectivity index (χ0) is 10.1. The first-order valence-corrected chi connectivity index (χ1v) is 4.34. The molecule has 0 spiro atoms. The van der Waals surface area contributed by atoms with E-state index in [9.17, 15) is 13.2 Å². The molecule has 1 saturated heterocycles. The molecule has 0 amide bonds. The monoisotopic (exact) mass is 268 g/mol. The lowest BCUT2D eigenvalue weighted by Crippen LogP contribution is -2.59. The highest BCUT2D eigenvalue weighted by Crippen LogP contribution is 2.23. The van der Waals surface area contributed by atoms with E-state index in [4.69, 9.17) is 0 Å². The second-order valence-corrected chi connectivity index (χ2v) is 4.03. The Morgan fingerprint density at radius 3 is 2.20 bits per heavy atom. The molecule has 1 aliphatic heterocycles. The molecule has 7 heteroatoms. The number of nitrogens with one attached hydrogen (secondary N) is 1. The van der Waals surface area contributed by atoms with Crippen LogP contribution in [0.5, 0.6) is 0 Å². The average Bonchev–Trinajstić information content (AvgIpc) is 1.91. The van der Waals surface area contributed by atoms with Crippen LogP contribution in [0.1, 0.15) is 13.8 Å². The number of hydrogen-bond acceptors (Lipinski definition) is 2. The predicted octanol–water partition coefficient (Wildman–Crippen LogP) is 2.08. The number of nitrogens with zero attached hydrogens (tertiary/aromatic N) is 1. The van der Waals surface area contributed by atoms with Crippen molar-refractivity contribution in [2.75, 3.05) is 26.2 Å². The molecule has 1 fully saturated rings. The van der Waals surface area contributed by atoms with E-state index in [1.165, 1.54) is 4.90 Å². The minimum atomic E-state index is -4.09. The Bertz CT molecular complexity index is 185. The lowest BCUT2D eigenvalue weighted by Gasteiger charge is -2.42. The summed E-state index contributed by atoms with van der Waals surface area (Å²) in [6.07, 6.45) is -4.09. The van der Waals surface area contributed by atoms with Crippen LogP contribution in [0.25, 0.3) is 0 Å². The van der Waals surface area contributed by atoms with Crippen molar-refractivity contribution < 1.29 is 13.2 Å². The molecule has 2 nitrogen and oxygen atoms in total. The highest BCUT2D eigenvalue weighted by molar-refractivity contribution is 5.85. The van der Waals surface area contributed by atoms with Crippen LogP contribution in [0, 0.1) is 0 Å². The zero-order valence-corrected chi connectivity index (χ0v) is 10.4. The van der Waals surface area contributed by atoms with Gasteiger partial charge in [-0.05, 0) is 13.8 Å². The van der Waals surface area contributed by atoms with Crippen molar-refractivity contribution >= 4 is 24.8 Å². The fraction of sp³-hybridized carbons (Fsp3) is 1.00. The molecule has 1 N–H and O–H groups in total. The van der Waals surface area contributed by atoms with Crippen LogP contribution < -0.4 is 5.32 Å². The molecule has 15 heavy (non-hydrogen) atoms. The first-order valence-electron chi connectivity index (χ1n) is 4.34. The summed E-state index contributed by atoms with van der Waals surface area (Å²) in [5.74, 6) is 0. The van der Waals surface area contributed by atoms with Gasteiger partial charge in [-0.15, -0.1) is 24.8 Å². The Morgan fingerprint density at radius 2 is 1.80 bits per heavy atom. The Balaban J connectivity index is 0. The highest BCUT2D eigenvalue weighted by atomic mass is 35.5. The summed E-state index contributed by atoms with van der Waals surface area (Å²) in [6.45, 7) is 4.56. The van der Waals surface area contributed by atoms with E-state index in [1.54, 1.807) is 0 Å². The maximum atomic E-state index is 12.1. The maximum Gasteiger partial charge on any atom is 0.401 e. The molecule has 1 aliphatic rings. The van der Waals surface area contributed by atoms with Crippen LogP contribution in [0.15, 0.2) is 0 Å². The SMILES string of the molecule is CC1(C)CNCCN1CC(F)(F)F.Cl.Cl. The molecule has 0 aromatic rings. The molecular weight excluding hydrogens is 252 g/mol. The van der Waals surface area contributed by atoms with Crippen LogP contribution in [-0.4, -0.2) is 42.8 Å². The van der Waals surface area contributed by atoms with E-state index in [-0.39, 0.29) is 24.8 Å². The molecule has 94 valence electrons. The average molecular weight is 269 g/mol. The van der Waals surface area contributed by atoms with Crippen molar-refractivity contribution in [3.05, 3.63) is 0 Å². The third-order valence-corrected chi connectivity index (χ3v) is 2.34. The molecule has 1 heterocycles. The molecule has 0 radical (unpaired) electrons. The van der Waals surface area contributed by atoms with Crippen LogP contribution in [0.4, 0.5) is 13.2 Å². The van der Waals surface area contributed by atoms with Gasteiger partial charge in [0, 0.05) is 25.2 Å². The summed E-state index contributed by atoms with van der Waals surface area (Å²) < 4.78 is 36.4.